The van der Waals surface area contributed by atoms with Crippen LogP contribution in [0.2, 0.25) is 0 Å². The maximum Gasteiger partial charge on any atom is 0.134 e. The molecule has 248 valence electrons. The van der Waals surface area contributed by atoms with Crippen molar-refractivity contribution >= 4 is 27.4 Å². The first-order chi connectivity index (χ1) is 25.1. The Bertz CT molecular complexity index is 2480. The molecule has 2 saturated heterocycles. The molecular weight excluding hydrogens is 625 g/mol. The highest BCUT2D eigenvalue weighted by molar-refractivity contribution is 6.10. The van der Waals surface area contributed by atoms with Gasteiger partial charge in [0.05, 0.1) is 11.0 Å². The van der Waals surface area contributed by atoms with E-state index in [2.05, 4.69) is 166 Å². The van der Waals surface area contributed by atoms with Crippen molar-refractivity contribution in [2.24, 2.45) is 5.92 Å². The van der Waals surface area contributed by atoms with Crippen LogP contribution < -0.4 is 0 Å². The SMILES string of the molecule is CC1CC=CC=C1c1ccc(C2N(Cc3ccc(-n4c5ccccc5c5cc(-c6ccccc6O)ccc54)cc3)N3C(c4ccccc4)N23)cc1. The molecule has 2 fully saturated rings. The standard InChI is InChI=1S/C46H38N4O/c1-31-11-5-6-14-38(31)33-21-23-35(24-22-33)45-47(50-46(49(45)50)34-12-3-2-4-13-34)30-32-19-26-37(27-20-32)48-42-17-9-7-16-40(42)41-29-36(25-28-43(41)48)39-15-8-10-18-44(39)51/h2-10,12-29,31,45-46,51H,11,30H2,1H3. The first kappa shape index (κ1) is 30.1. The fourth-order valence-electron chi connectivity index (χ4n) is 8.34. The lowest BCUT2D eigenvalue weighted by atomic mass is 9.88. The fraction of sp³-hybridized carbons (Fsp3) is 0.130. The molecule has 7 aromatic rings. The van der Waals surface area contributed by atoms with E-state index >= 15 is 0 Å². The molecule has 5 heteroatoms. The van der Waals surface area contributed by atoms with Crippen molar-refractivity contribution in [1.29, 1.82) is 0 Å². The van der Waals surface area contributed by atoms with Crippen LogP contribution in [0.5, 0.6) is 5.75 Å². The Morgan fingerprint density at radius 2 is 1.35 bits per heavy atom. The normalized spacial score (nSPS) is 22.5. The molecular formula is C46H38N4O. The van der Waals surface area contributed by atoms with Crippen LogP contribution in [-0.2, 0) is 6.54 Å². The highest BCUT2D eigenvalue weighted by atomic mass is 16.3. The zero-order valence-corrected chi connectivity index (χ0v) is 28.5. The second-order valence-electron chi connectivity index (χ2n) is 14.0. The van der Waals surface area contributed by atoms with Crippen molar-refractivity contribution in [3.05, 3.63) is 186 Å². The predicted molar refractivity (Wildman–Crippen MR) is 206 cm³/mol. The Labute approximate surface area is 298 Å². The van der Waals surface area contributed by atoms with Gasteiger partial charge in [-0.05, 0) is 82.1 Å². The summed E-state index contributed by atoms with van der Waals surface area (Å²) in [4.78, 5) is 0. The molecule has 3 heterocycles. The number of hydrogen-bond donors (Lipinski definition) is 1. The van der Waals surface area contributed by atoms with E-state index in [0.717, 1.165) is 35.3 Å². The molecule has 51 heavy (non-hydrogen) atoms. The largest absolute Gasteiger partial charge is 0.507 e. The van der Waals surface area contributed by atoms with E-state index in [1.165, 1.54) is 44.1 Å². The number of allylic oxidation sites excluding steroid dienone is 4. The number of benzene rings is 6. The van der Waals surface area contributed by atoms with E-state index in [0.29, 0.717) is 11.7 Å². The van der Waals surface area contributed by atoms with Gasteiger partial charge in [0, 0.05) is 28.6 Å². The summed E-state index contributed by atoms with van der Waals surface area (Å²) >= 11 is 0. The molecule has 0 saturated carbocycles. The van der Waals surface area contributed by atoms with Crippen molar-refractivity contribution in [2.45, 2.75) is 32.2 Å². The maximum atomic E-state index is 10.6. The molecule has 0 radical (unpaired) electrons. The molecule has 3 aliphatic rings. The molecule has 0 bridgehead atoms. The molecule has 0 amide bonds. The number of aromatic nitrogens is 1. The molecule has 5 nitrogen and oxygen atoms in total. The third-order valence-electron chi connectivity index (χ3n) is 10.9. The number of hydrogen-bond acceptors (Lipinski definition) is 4. The first-order valence-electron chi connectivity index (χ1n) is 17.9. The van der Waals surface area contributed by atoms with E-state index in [-0.39, 0.29) is 12.3 Å². The minimum Gasteiger partial charge on any atom is -0.507 e. The summed E-state index contributed by atoms with van der Waals surface area (Å²) in [6.45, 7) is 3.13. The summed E-state index contributed by atoms with van der Waals surface area (Å²) in [5.41, 5.74) is 11.9. The van der Waals surface area contributed by atoms with E-state index in [1.807, 2.05) is 18.2 Å². The van der Waals surface area contributed by atoms with Crippen molar-refractivity contribution in [3.63, 3.8) is 0 Å². The van der Waals surface area contributed by atoms with Crippen molar-refractivity contribution < 1.29 is 5.11 Å². The zero-order valence-electron chi connectivity index (χ0n) is 28.5. The Morgan fingerprint density at radius 3 is 2.16 bits per heavy atom. The van der Waals surface area contributed by atoms with Crippen molar-refractivity contribution in [1.82, 2.24) is 19.7 Å². The number of hydrazine groups is 2. The van der Waals surface area contributed by atoms with E-state index in [4.69, 9.17) is 0 Å². The lowest BCUT2D eigenvalue weighted by Crippen LogP contribution is -2.48. The van der Waals surface area contributed by atoms with E-state index in [9.17, 15) is 5.11 Å². The summed E-state index contributed by atoms with van der Waals surface area (Å²) in [5, 5.41) is 20.3. The number of fused-ring (bicyclic) bond motifs is 4. The minimum atomic E-state index is 0.178. The zero-order chi connectivity index (χ0) is 34.1. The van der Waals surface area contributed by atoms with Crippen LogP contribution in [0.25, 0.3) is 44.2 Å². The molecule has 5 atom stereocenters. The average Bonchev–Trinajstić information content (AvgIpc) is 3.72. The second kappa shape index (κ2) is 12.0. The van der Waals surface area contributed by atoms with Gasteiger partial charge < -0.3 is 9.67 Å². The van der Waals surface area contributed by atoms with Crippen LogP contribution in [-0.4, -0.2) is 24.8 Å². The van der Waals surface area contributed by atoms with Gasteiger partial charge in [-0.15, -0.1) is 5.12 Å². The van der Waals surface area contributed by atoms with E-state index in [1.54, 1.807) is 6.07 Å². The number of rotatable bonds is 7. The minimum absolute atomic E-state index is 0.178. The Morgan fingerprint density at radius 1 is 0.647 bits per heavy atom. The number of nitrogens with zero attached hydrogens (tertiary/aromatic N) is 4. The van der Waals surface area contributed by atoms with Crippen LogP contribution in [0.1, 0.15) is 47.9 Å². The molecule has 10 rings (SSSR count). The summed E-state index contributed by atoms with van der Waals surface area (Å²) in [7, 11) is 0. The lowest BCUT2D eigenvalue weighted by molar-refractivity contribution is -0.191. The van der Waals surface area contributed by atoms with E-state index < -0.39 is 0 Å². The van der Waals surface area contributed by atoms with Gasteiger partial charge in [0.2, 0.25) is 0 Å². The third-order valence-corrected chi connectivity index (χ3v) is 10.9. The van der Waals surface area contributed by atoms with Gasteiger partial charge in [-0.3, -0.25) is 0 Å². The van der Waals surface area contributed by atoms with Gasteiger partial charge in [0.15, 0.2) is 0 Å². The number of phenolic OH excluding ortho intramolecular Hbond substituents is 1. The van der Waals surface area contributed by atoms with Crippen LogP contribution >= 0.6 is 0 Å². The van der Waals surface area contributed by atoms with Crippen molar-refractivity contribution in [3.8, 4) is 22.6 Å². The van der Waals surface area contributed by atoms with Crippen LogP contribution in [0.4, 0.5) is 0 Å². The highest BCUT2D eigenvalue weighted by Crippen LogP contribution is 2.60. The van der Waals surface area contributed by atoms with Gasteiger partial charge in [0.1, 0.15) is 18.1 Å². The van der Waals surface area contributed by atoms with Gasteiger partial charge in [-0.2, -0.15) is 10.0 Å². The second-order valence-corrected chi connectivity index (χ2v) is 14.0. The monoisotopic (exact) mass is 662 g/mol. The average molecular weight is 663 g/mol. The smallest absolute Gasteiger partial charge is 0.134 e. The molecule has 2 aliphatic heterocycles. The Balaban J connectivity index is 0.965. The fourth-order valence-corrected chi connectivity index (χ4v) is 8.34. The topological polar surface area (TPSA) is 34.4 Å². The van der Waals surface area contributed by atoms with Gasteiger partial charge in [-0.1, -0.05) is 134 Å². The number of phenols is 1. The molecule has 0 spiro atoms. The van der Waals surface area contributed by atoms with Crippen LogP contribution in [0.3, 0.4) is 0 Å². The molecule has 1 aliphatic carbocycles. The summed E-state index contributed by atoms with van der Waals surface area (Å²) < 4.78 is 2.35. The third kappa shape index (κ3) is 4.96. The molecule has 6 aromatic carbocycles. The quantitative estimate of drug-likeness (QED) is 0.172. The summed E-state index contributed by atoms with van der Waals surface area (Å²) in [6.07, 6.45) is 8.25. The summed E-state index contributed by atoms with van der Waals surface area (Å²) in [5.74, 6) is 0.834. The first-order valence-corrected chi connectivity index (χ1v) is 17.9. The molecule has 5 unspecified atom stereocenters. The maximum absolute atomic E-state index is 10.6. The predicted octanol–water partition coefficient (Wildman–Crippen LogP) is 10.8. The lowest BCUT2D eigenvalue weighted by Gasteiger charge is -2.41. The van der Waals surface area contributed by atoms with Crippen LogP contribution in [0, 0.1) is 5.92 Å². The number of para-hydroxylation sites is 2. The Kier molecular flexibility index (Phi) is 7.07. The molecule has 1 N–H and O–H groups in total. The van der Waals surface area contributed by atoms with Gasteiger partial charge >= 0.3 is 0 Å². The Hall–Kier alpha value is -5.72. The number of aromatic hydroxyl groups is 1. The highest BCUT2D eigenvalue weighted by Gasteiger charge is 2.66. The van der Waals surface area contributed by atoms with Gasteiger partial charge in [-0.25, -0.2) is 0 Å². The molecule has 1 aromatic heterocycles. The summed E-state index contributed by atoms with van der Waals surface area (Å²) in [6, 6.07) is 51.8. The van der Waals surface area contributed by atoms with Crippen molar-refractivity contribution in [2.75, 3.05) is 0 Å². The van der Waals surface area contributed by atoms with Gasteiger partial charge in [0.25, 0.3) is 0 Å². The van der Waals surface area contributed by atoms with Crippen LogP contribution in [0.15, 0.2) is 164 Å².